The van der Waals surface area contributed by atoms with Gasteiger partial charge in [-0.3, -0.25) is 0 Å². The highest BCUT2D eigenvalue weighted by atomic mass is 16.5. The summed E-state index contributed by atoms with van der Waals surface area (Å²) in [4.78, 5) is 0. The molecule has 0 aromatic rings. The predicted octanol–water partition coefficient (Wildman–Crippen LogP) is 3.71. The third kappa shape index (κ3) is 2.78. The number of ether oxygens (including phenoxy) is 1. The standard InChI is InChI=1S/C18H33NO/c1-4-19-18(12(2)5-6-20-3)17-15-8-13-7-14(10-15)11-16(17)9-13/h12-19H,4-11H2,1-3H3. The second kappa shape index (κ2) is 6.36. The topological polar surface area (TPSA) is 21.3 Å². The Morgan fingerprint density at radius 1 is 1.05 bits per heavy atom. The molecule has 4 aliphatic rings. The Labute approximate surface area is 125 Å². The van der Waals surface area contributed by atoms with Crippen LogP contribution in [-0.2, 0) is 4.74 Å². The zero-order chi connectivity index (χ0) is 14.1. The van der Waals surface area contributed by atoms with E-state index in [1.807, 2.05) is 7.11 Å². The second-order valence-corrected chi connectivity index (χ2v) is 7.85. The van der Waals surface area contributed by atoms with Crippen molar-refractivity contribution in [1.82, 2.24) is 5.32 Å². The van der Waals surface area contributed by atoms with Crippen LogP contribution < -0.4 is 5.32 Å². The summed E-state index contributed by atoms with van der Waals surface area (Å²) in [5.74, 6) is 5.93. The molecular weight excluding hydrogens is 246 g/mol. The first-order valence-corrected chi connectivity index (χ1v) is 8.95. The Kier molecular flexibility index (Phi) is 4.72. The smallest absolute Gasteiger partial charge is 0.0465 e. The highest BCUT2D eigenvalue weighted by molar-refractivity contribution is 5.02. The van der Waals surface area contributed by atoms with Crippen molar-refractivity contribution in [2.45, 2.75) is 58.4 Å². The Hall–Kier alpha value is -0.0800. The molecule has 2 nitrogen and oxygen atoms in total. The minimum absolute atomic E-state index is 0.727. The van der Waals surface area contributed by atoms with Crippen LogP contribution in [0.1, 0.15) is 52.4 Å². The molecule has 0 aromatic heterocycles. The maximum absolute atomic E-state index is 5.32. The first-order chi connectivity index (χ1) is 9.72. The maximum Gasteiger partial charge on any atom is 0.0465 e. The highest BCUT2D eigenvalue weighted by Gasteiger charge is 2.50. The van der Waals surface area contributed by atoms with Crippen LogP contribution >= 0.6 is 0 Å². The van der Waals surface area contributed by atoms with Gasteiger partial charge in [-0.1, -0.05) is 13.8 Å². The number of hydrogen-bond acceptors (Lipinski definition) is 2. The second-order valence-electron chi connectivity index (χ2n) is 7.85. The molecule has 2 unspecified atom stereocenters. The first kappa shape index (κ1) is 14.8. The third-order valence-corrected chi connectivity index (χ3v) is 6.54. The normalized spacial score (nSPS) is 41.9. The minimum atomic E-state index is 0.727. The van der Waals surface area contributed by atoms with Crippen LogP contribution in [0, 0.1) is 35.5 Å². The fourth-order valence-electron chi connectivity index (χ4n) is 5.99. The average Bonchev–Trinajstić information content (AvgIpc) is 2.42. The van der Waals surface area contributed by atoms with E-state index in [0.717, 1.165) is 54.7 Å². The molecule has 116 valence electrons. The summed E-state index contributed by atoms with van der Waals surface area (Å²) in [5.41, 5.74) is 0. The van der Waals surface area contributed by atoms with Crippen LogP contribution in [0.15, 0.2) is 0 Å². The van der Waals surface area contributed by atoms with E-state index in [2.05, 4.69) is 19.2 Å². The molecule has 0 saturated heterocycles. The molecule has 4 saturated carbocycles. The summed E-state index contributed by atoms with van der Waals surface area (Å²) in [7, 11) is 1.83. The van der Waals surface area contributed by atoms with Gasteiger partial charge in [-0.25, -0.2) is 0 Å². The molecule has 0 aliphatic heterocycles. The van der Waals surface area contributed by atoms with Crippen LogP contribution in [0.25, 0.3) is 0 Å². The van der Waals surface area contributed by atoms with Gasteiger partial charge in [0.15, 0.2) is 0 Å². The summed E-state index contributed by atoms with van der Waals surface area (Å²) >= 11 is 0. The van der Waals surface area contributed by atoms with Gasteiger partial charge in [0.1, 0.15) is 0 Å². The van der Waals surface area contributed by atoms with E-state index >= 15 is 0 Å². The van der Waals surface area contributed by atoms with Crippen LogP contribution in [0.3, 0.4) is 0 Å². The molecule has 2 heteroatoms. The zero-order valence-electron chi connectivity index (χ0n) is 13.6. The number of rotatable bonds is 7. The average molecular weight is 279 g/mol. The quantitative estimate of drug-likeness (QED) is 0.767. The van der Waals surface area contributed by atoms with E-state index in [1.54, 1.807) is 6.42 Å². The summed E-state index contributed by atoms with van der Waals surface area (Å²) in [6.07, 6.45) is 8.92. The molecule has 4 rings (SSSR count). The van der Waals surface area contributed by atoms with Crippen molar-refractivity contribution < 1.29 is 4.74 Å². The molecule has 0 heterocycles. The SMILES string of the molecule is CCNC(C(C)CCOC)C1C2CC3CC(C2)CC1C3. The van der Waals surface area contributed by atoms with Gasteiger partial charge >= 0.3 is 0 Å². The predicted molar refractivity (Wildman–Crippen MR) is 83.7 cm³/mol. The van der Waals surface area contributed by atoms with Crippen LogP contribution in [0.4, 0.5) is 0 Å². The summed E-state index contributed by atoms with van der Waals surface area (Å²) < 4.78 is 5.32. The Morgan fingerprint density at radius 3 is 2.15 bits per heavy atom. The van der Waals surface area contributed by atoms with E-state index in [0.29, 0.717) is 0 Å². The molecule has 4 aliphatic carbocycles. The molecule has 2 atom stereocenters. The van der Waals surface area contributed by atoms with Gasteiger partial charge in [0, 0.05) is 19.8 Å². The lowest BCUT2D eigenvalue weighted by atomic mass is 9.49. The van der Waals surface area contributed by atoms with Gasteiger partial charge in [-0.2, -0.15) is 0 Å². The summed E-state index contributed by atoms with van der Waals surface area (Å²) in [5, 5.41) is 3.86. The van der Waals surface area contributed by atoms with Crippen molar-refractivity contribution >= 4 is 0 Å². The molecule has 0 amide bonds. The minimum Gasteiger partial charge on any atom is -0.385 e. The molecule has 0 radical (unpaired) electrons. The van der Waals surface area contributed by atoms with Gasteiger partial charge in [-0.05, 0) is 80.6 Å². The largest absolute Gasteiger partial charge is 0.385 e. The molecular formula is C18H33NO. The van der Waals surface area contributed by atoms with Gasteiger partial charge in [0.05, 0.1) is 0 Å². The van der Waals surface area contributed by atoms with Crippen molar-refractivity contribution in [2.75, 3.05) is 20.3 Å². The highest BCUT2D eigenvalue weighted by Crippen LogP contribution is 2.58. The summed E-state index contributed by atoms with van der Waals surface area (Å²) in [6, 6.07) is 0.727. The molecule has 4 fully saturated rings. The van der Waals surface area contributed by atoms with Crippen LogP contribution in [-0.4, -0.2) is 26.3 Å². The lowest BCUT2D eigenvalue weighted by Gasteiger charge is -2.57. The molecule has 1 N–H and O–H groups in total. The van der Waals surface area contributed by atoms with Crippen molar-refractivity contribution in [1.29, 1.82) is 0 Å². The van der Waals surface area contributed by atoms with Gasteiger partial charge < -0.3 is 10.1 Å². The Bertz CT molecular complexity index is 289. The van der Waals surface area contributed by atoms with E-state index in [-0.39, 0.29) is 0 Å². The number of methoxy groups -OCH3 is 1. The van der Waals surface area contributed by atoms with Crippen molar-refractivity contribution in [3.8, 4) is 0 Å². The van der Waals surface area contributed by atoms with Crippen LogP contribution in [0.2, 0.25) is 0 Å². The van der Waals surface area contributed by atoms with E-state index in [9.17, 15) is 0 Å². The van der Waals surface area contributed by atoms with Crippen molar-refractivity contribution in [3.05, 3.63) is 0 Å². The third-order valence-electron chi connectivity index (χ3n) is 6.54. The molecule has 4 bridgehead atoms. The fourth-order valence-corrected chi connectivity index (χ4v) is 5.99. The number of hydrogen-bond donors (Lipinski definition) is 1. The summed E-state index contributed by atoms with van der Waals surface area (Å²) in [6.45, 7) is 6.74. The zero-order valence-corrected chi connectivity index (χ0v) is 13.6. The van der Waals surface area contributed by atoms with E-state index in [4.69, 9.17) is 4.74 Å². The maximum atomic E-state index is 5.32. The fraction of sp³-hybridized carbons (Fsp3) is 1.00. The first-order valence-electron chi connectivity index (χ1n) is 8.95. The molecule has 0 spiro atoms. The molecule has 20 heavy (non-hydrogen) atoms. The van der Waals surface area contributed by atoms with Crippen molar-refractivity contribution in [2.24, 2.45) is 35.5 Å². The Morgan fingerprint density at radius 2 is 1.65 bits per heavy atom. The van der Waals surface area contributed by atoms with Crippen molar-refractivity contribution in [3.63, 3.8) is 0 Å². The van der Waals surface area contributed by atoms with E-state index in [1.165, 1.54) is 32.1 Å². The monoisotopic (exact) mass is 279 g/mol. The van der Waals surface area contributed by atoms with Gasteiger partial charge in [-0.15, -0.1) is 0 Å². The molecule has 0 aromatic carbocycles. The Balaban J connectivity index is 1.70. The lowest BCUT2D eigenvalue weighted by molar-refractivity contribution is -0.0607. The number of nitrogens with one attached hydrogen (secondary N) is 1. The van der Waals surface area contributed by atoms with Gasteiger partial charge in [0.25, 0.3) is 0 Å². The lowest BCUT2D eigenvalue weighted by Crippen LogP contribution is -2.55. The van der Waals surface area contributed by atoms with Crippen LogP contribution in [0.5, 0.6) is 0 Å². The van der Waals surface area contributed by atoms with E-state index < -0.39 is 0 Å². The van der Waals surface area contributed by atoms with Gasteiger partial charge in [0.2, 0.25) is 0 Å².